The van der Waals surface area contributed by atoms with Crippen molar-refractivity contribution < 1.29 is 18.4 Å². The van der Waals surface area contributed by atoms with Crippen LogP contribution in [0.1, 0.15) is 5.56 Å². The second-order valence-electron chi connectivity index (χ2n) is 4.58. The van der Waals surface area contributed by atoms with E-state index in [2.05, 4.69) is 0 Å². The first kappa shape index (κ1) is 17.5. The molecule has 7 nitrogen and oxygen atoms in total. The lowest BCUT2D eigenvalue weighted by Gasteiger charge is -2.04. The molecular formula is C15H9ClN2O5S. The van der Waals surface area contributed by atoms with Gasteiger partial charge in [-0.05, 0) is 42.0 Å². The van der Waals surface area contributed by atoms with Crippen LogP contribution in [0.3, 0.4) is 0 Å². The molecule has 0 saturated carbocycles. The van der Waals surface area contributed by atoms with Crippen LogP contribution in [0.25, 0.3) is 6.08 Å². The van der Waals surface area contributed by atoms with E-state index in [1.807, 2.05) is 0 Å². The van der Waals surface area contributed by atoms with E-state index >= 15 is 0 Å². The second kappa shape index (κ2) is 6.70. The smallest absolute Gasteiger partial charge is 0.311 e. The molecule has 2 rings (SSSR count). The standard InChI is InChI=1S/C15H9ClN2O5S/c16-11-2-4-12(5-3-11)24(22,23)13(9-17)7-10-1-6-15(19)14(8-10)18(20)21/h1-8,19H/b13-7-. The number of rotatable bonds is 4. The average Bonchev–Trinajstić information content (AvgIpc) is 2.54. The van der Waals surface area contributed by atoms with Crippen LogP contribution >= 0.6 is 11.6 Å². The molecule has 0 aliphatic carbocycles. The maximum Gasteiger partial charge on any atom is 0.311 e. The number of nitrogens with zero attached hydrogens (tertiary/aromatic N) is 2. The van der Waals surface area contributed by atoms with Gasteiger partial charge in [0.1, 0.15) is 11.0 Å². The van der Waals surface area contributed by atoms with Crippen molar-refractivity contribution in [3.05, 3.63) is 68.1 Å². The van der Waals surface area contributed by atoms with Crippen LogP contribution in [0.15, 0.2) is 52.3 Å². The Hall–Kier alpha value is -2.89. The summed E-state index contributed by atoms with van der Waals surface area (Å²) in [5.41, 5.74) is -0.501. The molecule has 0 heterocycles. The molecule has 2 aromatic rings. The van der Waals surface area contributed by atoms with E-state index in [-0.39, 0.29) is 10.5 Å². The Morgan fingerprint density at radius 1 is 1.25 bits per heavy atom. The lowest BCUT2D eigenvalue weighted by molar-refractivity contribution is -0.385. The maximum atomic E-state index is 12.4. The molecule has 0 amide bonds. The number of halogens is 1. The van der Waals surface area contributed by atoms with Gasteiger partial charge in [-0.3, -0.25) is 10.1 Å². The summed E-state index contributed by atoms with van der Waals surface area (Å²) in [5, 5.41) is 29.7. The van der Waals surface area contributed by atoms with Crippen LogP contribution in [0.4, 0.5) is 5.69 Å². The monoisotopic (exact) mass is 364 g/mol. The number of phenols is 1. The zero-order valence-corrected chi connectivity index (χ0v) is 13.5. The molecule has 0 atom stereocenters. The molecule has 2 aromatic carbocycles. The normalized spacial score (nSPS) is 11.8. The first-order chi connectivity index (χ1) is 11.3. The summed E-state index contributed by atoms with van der Waals surface area (Å²) in [4.78, 5) is 9.27. The molecule has 0 aromatic heterocycles. The number of nitro groups is 1. The third-order valence-electron chi connectivity index (χ3n) is 3.02. The van der Waals surface area contributed by atoms with Gasteiger partial charge in [-0.2, -0.15) is 5.26 Å². The number of phenolic OH excluding ortho intramolecular Hbond substituents is 1. The number of hydrogen-bond donors (Lipinski definition) is 1. The Kier molecular flexibility index (Phi) is 4.87. The van der Waals surface area contributed by atoms with Crippen molar-refractivity contribution >= 4 is 33.2 Å². The average molecular weight is 365 g/mol. The minimum atomic E-state index is -4.10. The van der Waals surface area contributed by atoms with Gasteiger partial charge in [0.2, 0.25) is 9.84 Å². The van der Waals surface area contributed by atoms with Crippen molar-refractivity contribution in [1.29, 1.82) is 5.26 Å². The number of nitriles is 1. The van der Waals surface area contributed by atoms with Crippen LogP contribution in [-0.2, 0) is 9.84 Å². The Morgan fingerprint density at radius 3 is 2.42 bits per heavy atom. The summed E-state index contributed by atoms with van der Waals surface area (Å²) in [7, 11) is -4.10. The number of aromatic hydroxyl groups is 1. The van der Waals surface area contributed by atoms with Crippen molar-refractivity contribution in [1.82, 2.24) is 0 Å². The first-order valence-corrected chi connectivity index (χ1v) is 8.21. The van der Waals surface area contributed by atoms with Gasteiger partial charge in [0.25, 0.3) is 0 Å². The summed E-state index contributed by atoms with van der Waals surface area (Å²) < 4.78 is 24.9. The Morgan fingerprint density at radius 2 is 1.88 bits per heavy atom. The maximum absolute atomic E-state index is 12.4. The third kappa shape index (κ3) is 3.53. The number of benzene rings is 2. The van der Waals surface area contributed by atoms with Crippen LogP contribution in [0.2, 0.25) is 5.02 Å². The molecule has 122 valence electrons. The SMILES string of the molecule is N#C/C(=C/c1ccc(O)c([N+](=O)[O-])c1)S(=O)(=O)c1ccc(Cl)cc1. The van der Waals surface area contributed by atoms with Gasteiger partial charge < -0.3 is 5.11 Å². The Bertz CT molecular complexity index is 976. The van der Waals surface area contributed by atoms with Crippen molar-refractivity contribution in [2.24, 2.45) is 0 Å². The van der Waals surface area contributed by atoms with E-state index in [0.29, 0.717) is 5.02 Å². The highest BCUT2D eigenvalue weighted by Gasteiger charge is 2.21. The molecule has 9 heteroatoms. The van der Waals surface area contributed by atoms with E-state index < -0.39 is 31.1 Å². The highest BCUT2D eigenvalue weighted by molar-refractivity contribution is 7.95. The quantitative estimate of drug-likeness (QED) is 0.504. The minimum Gasteiger partial charge on any atom is -0.502 e. The summed E-state index contributed by atoms with van der Waals surface area (Å²) in [6.07, 6.45) is 0.996. The topological polar surface area (TPSA) is 121 Å². The Labute approximate surface area is 142 Å². The second-order valence-corrected chi connectivity index (χ2v) is 6.94. The van der Waals surface area contributed by atoms with E-state index in [1.54, 1.807) is 6.07 Å². The van der Waals surface area contributed by atoms with Crippen molar-refractivity contribution in [3.8, 4) is 11.8 Å². The lowest BCUT2D eigenvalue weighted by atomic mass is 10.2. The molecule has 0 fully saturated rings. The molecule has 24 heavy (non-hydrogen) atoms. The predicted molar refractivity (Wildman–Crippen MR) is 87.0 cm³/mol. The van der Waals surface area contributed by atoms with Crippen LogP contribution in [0, 0.1) is 21.4 Å². The minimum absolute atomic E-state index is 0.0913. The number of nitro benzene ring substituents is 1. The largest absolute Gasteiger partial charge is 0.502 e. The molecule has 0 unspecified atom stereocenters. The molecule has 1 N–H and O–H groups in total. The number of allylic oxidation sites excluding steroid dienone is 1. The fourth-order valence-electron chi connectivity index (χ4n) is 1.84. The van der Waals surface area contributed by atoms with Gasteiger partial charge in [-0.15, -0.1) is 0 Å². The Balaban J connectivity index is 2.54. The van der Waals surface area contributed by atoms with Gasteiger partial charge in [0.05, 0.1) is 9.82 Å². The van der Waals surface area contributed by atoms with Crippen molar-refractivity contribution in [2.75, 3.05) is 0 Å². The van der Waals surface area contributed by atoms with Crippen molar-refractivity contribution in [3.63, 3.8) is 0 Å². The highest BCUT2D eigenvalue weighted by Crippen LogP contribution is 2.29. The highest BCUT2D eigenvalue weighted by atomic mass is 35.5. The summed E-state index contributed by atoms with van der Waals surface area (Å²) >= 11 is 5.70. The fraction of sp³-hybridized carbons (Fsp3) is 0. The van der Waals surface area contributed by atoms with E-state index in [1.165, 1.54) is 30.3 Å². The molecule has 0 radical (unpaired) electrons. The van der Waals surface area contributed by atoms with E-state index in [4.69, 9.17) is 16.9 Å². The van der Waals surface area contributed by atoms with Gasteiger partial charge in [0, 0.05) is 11.1 Å². The summed E-state index contributed by atoms with van der Waals surface area (Å²) in [6, 6.07) is 10.1. The van der Waals surface area contributed by atoms with Crippen LogP contribution in [-0.4, -0.2) is 18.4 Å². The van der Waals surface area contributed by atoms with Crippen LogP contribution in [0.5, 0.6) is 5.75 Å². The lowest BCUT2D eigenvalue weighted by Crippen LogP contribution is -2.03. The molecule has 0 aliphatic rings. The fourth-order valence-corrected chi connectivity index (χ4v) is 3.12. The van der Waals surface area contributed by atoms with E-state index in [0.717, 1.165) is 18.2 Å². The molecule has 0 saturated heterocycles. The zero-order valence-electron chi connectivity index (χ0n) is 11.9. The van der Waals surface area contributed by atoms with Gasteiger partial charge in [-0.1, -0.05) is 17.7 Å². The van der Waals surface area contributed by atoms with Crippen LogP contribution < -0.4 is 0 Å². The first-order valence-electron chi connectivity index (χ1n) is 6.35. The summed E-state index contributed by atoms with van der Waals surface area (Å²) in [5.74, 6) is -0.559. The predicted octanol–water partition coefficient (Wildman–Crippen LogP) is 3.29. The molecule has 0 spiro atoms. The van der Waals surface area contributed by atoms with Gasteiger partial charge in [-0.25, -0.2) is 8.42 Å². The molecular weight excluding hydrogens is 356 g/mol. The van der Waals surface area contributed by atoms with Gasteiger partial charge in [0.15, 0.2) is 5.75 Å². The zero-order chi connectivity index (χ0) is 17.9. The van der Waals surface area contributed by atoms with Crippen molar-refractivity contribution in [2.45, 2.75) is 4.90 Å². The molecule has 0 aliphatic heterocycles. The number of sulfone groups is 1. The van der Waals surface area contributed by atoms with Gasteiger partial charge >= 0.3 is 5.69 Å². The number of hydrogen-bond acceptors (Lipinski definition) is 6. The third-order valence-corrected chi connectivity index (χ3v) is 4.95. The van der Waals surface area contributed by atoms with E-state index in [9.17, 15) is 23.6 Å². The molecule has 0 bridgehead atoms. The summed E-state index contributed by atoms with van der Waals surface area (Å²) in [6.45, 7) is 0.